The molecule has 2 heterocycles. The summed E-state index contributed by atoms with van der Waals surface area (Å²) in [6, 6.07) is 3.34. The summed E-state index contributed by atoms with van der Waals surface area (Å²) in [5.41, 5.74) is 2.45. The van der Waals surface area contributed by atoms with Crippen molar-refractivity contribution >= 4 is 39.1 Å². The number of hydrogen-bond donors (Lipinski definition) is 2. The van der Waals surface area contributed by atoms with Crippen LogP contribution in [0.25, 0.3) is 0 Å². The first-order chi connectivity index (χ1) is 8.58. The molecule has 0 aliphatic carbocycles. The van der Waals surface area contributed by atoms with Crippen LogP contribution in [0.1, 0.15) is 5.56 Å². The van der Waals surface area contributed by atoms with Crippen LogP contribution in [0.15, 0.2) is 16.6 Å². The molecule has 1 aromatic rings. The van der Waals surface area contributed by atoms with E-state index >= 15 is 0 Å². The summed E-state index contributed by atoms with van der Waals surface area (Å²) in [7, 11) is 0. The molecule has 0 spiro atoms. The Kier molecular flexibility index (Phi) is 2.64. The number of nitrogens with zero attached hydrogens (tertiary/aromatic N) is 1. The maximum atomic E-state index is 12.0. The largest absolute Gasteiger partial charge is 0.322 e. The van der Waals surface area contributed by atoms with Crippen molar-refractivity contribution in [1.82, 2.24) is 5.32 Å². The number of halogens is 1. The molecule has 1 unspecified atom stereocenters. The Morgan fingerprint density at radius 2 is 2.17 bits per heavy atom. The highest BCUT2D eigenvalue weighted by Gasteiger charge is 2.39. The van der Waals surface area contributed by atoms with E-state index in [1.807, 2.05) is 19.1 Å². The maximum Gasteiger partial charge on any atom is 0.248 e. The standard InChI is InChI=1S/C12H12BrN3O2/c1-6-2-7(13)3-8-11(6)15-12(18)9-4-14-5-10(17)16(8)9/h2-3,9,14H,4-5H2,1H3,(H,15,18). The van der Waals surface area contributed by atoms with Crippen LogP contribution in [0.4, 0.5) is 11.4 Å². The molecule has 2 amide bonds. The van der Waals surface area contributed by atoms with Crippen LogP contribution in [-0.4, -0.2) is 30.9 Å². The second-order valence-electron chi connectivity index (χ2n) is 4.52. The molecular weight excluding hydrogens is 298 g/mol. The van der Waals surface area contributed by atoms with Gasteiger partial charge >= 0.3 is 0 Å². The first kappa shape index (κ1) is 11.7. The smallest absolute Gasteiger partial charge is 0.248 e. The summed E-state index contributed by atoms with van der Waals surface area (Å²) in [4.78, 5) is 25.6. The lowest BCUT2D eigenvalue weighted by atomic mass is 10.0. The second kappa shape index (κ2) is 4.07. The van der Waals surface area contributed by atoms with E-state index in [-0.39, 0.29) is 18.4 Å². The SMILES string of the molecule is Cc1cc(Br)cc2c1NC(=O)C1CNCC(=O)N21. The monoisotopic (exact) mass is 309 g/mol. The zero-order valence-electron chi connectivity index (χ0n) is 9.79. The van der Waals surface area contributed by atoms with Gasteiger partial charge in [-0.3, -0.25) is 14.5 Å². The van der Waals surface area contributed by atoms with E-state index in [1.165, 1.54) is 0 Å². The molecular formula is C12H12BrN3O2. The number of anilines is 2. The van der Waals surface area contributed by atoms with E-state index in [0.717, 1.165) is 21.4 Å². The zero-order chi connectivity index (χ0) is 12.9. The van der Waals surface area contributed by atoms with Crippen molar-refractivity contribution in [2.75, 3.05) is 23.3 Å². The number of aryl methyl sites for hydroxylation is 1. The summed E-state index contributed by atoms with van der Waals surface area (Å²) in [6.07, 6.45) is 0. The third-order valence-corrected chi connectivity index (χ3v) is 3.74. The quantitative estimate of drug-likeness (QED) is 0.752. The van der Waals surface area contributed by atoms with Gasteiger partial charge in [-0.05, 0) is 24.6 Å². The fourth-order valence-corrected chi connectivity index (χ4v) is 3.02. The molecule has 18 heavy (non-hydrogen) atoms. The Bertz CT molecular complexity index is 558. The lowest BCUT2D eigenvalue weighted by Gasteiger charge is -2.40. The van der Waals surface area contributed by atoms with Gasteiger partial charge in [0.1, 0.15) is 6.04 Å². The van der Waals surface area contributed by atoms with Gasteiger partial charge in [0.25, 0.3) is 0 Å². The molecule has 1 atom stereocenters. The fourth-order valence-electron chi connectivity index (χ4n) is 2.46. The van der Waals surface area contributed by atoms with E-state index in [4.69, 9.17) is 0 Å². The van der Waals surface area contributed by atoms with Gasteiger partial charge in [0, 0.05) is 11.0 Å². The average Bonchev–Trinajstić information content (AvgIpc) is 2.31. The van der Waals surface area contributed by atoms with Gasteiger partial charge in [-0.2, -0.15) is 0 Å². The van der Waals surface area contributed by atoms with Crippen LogP contribution >= 0.6 is 15.9 Å². The lowest BCUT2D eigenvalue weighted by molar-refractivity contribution is -0.124. The summed E-state index contributed by atoms with van der Waals surface area (Å²) in [5.74, 6) is -0.201. The molecule has 2 N–H and O–H groups in total. The molecule has 3 rings (SSSR count). The Morgan fingerprint density at radius 1 is 1.39 bits per heavy atom. The average molecular weight is 310 g/mol. The number of rotatable bonds is 0. The molecule has 0 aromatic heterocycles. The summed E-state index contributed by atoms with van der Waals surface area (Å²) in [6.45, 7) is 2.67. The number of amides is 2. The number of hydrogen-bond acceptors (Lipinski definition) is 3. The predicted octanol–water partition coefficient (Wildman–Crippen LogP) is 1.01. The fraction of sp³-hybridized carbons (Fsp3) is 0.333. The van der Waals surface area contributed by atoms with Crippen molar-refractivity contribution < 1.29 is 9.59 Å². The summed E-state index contributed by atoms with van der Waals surface area (Å²) >= 11 is 3.43. The maximum absolute atomic E-state index is 12.0. The van der Waals surface area contributed by atoms with E-state index in [1.54, 1.807) is 4.90 Å². The van der Waals surface area contributed by atoms with Gasteiger partial charge < -0.3 is 10.6 Å². The Hall–Kier alpha value is -1.40. The molecule has 1 aromatic carbocycles. The molecule has 6 heteroatoms. The van der Waals surface area contributed by atoms with E-state index in [2.05, 4.69) is 26.6 Å². The second-order valence-corrected chi connectivity index (χ2v) is 5.43. The third kappa shape index (κ3) is 1.64. The summed E-state index contributed by atoms with van der Waals surface area (Å²) < 4.78 is 0.903. The molecule has 0 saturated carbocycles. The van der Waals surface area contributed by atoms with Crippen molar-refractivity contribution in [3.8, 4) is 0 Å². The molecule has 2 aliphatic rings. The Balaban J connectivity index is 2.19. The van der Waals surface area contributed by atoms with E-state index in [9.17, 15) is 9.59 Å². The molecule has 0 bridgehead atoms. The van der Waals surface area contributed by atoms with Crippen LogP contribution in [-0.2, 0) is 9.59 Å². The lowest BCUT2D eigenvalue weighted by Crippen LogP contribution is -2.61. The highest BCUT2D eigenvalue weighted by atomic mass is 79.9. The first-order valence-electron chi connectivity index (χ1n) is 5.71. The highest BCUT2D eigenvalue weighted by molar-refractivity contribution is 9.10. The number of benzene rings is 1. The minimum Gasteiger partial charge on any atom is -0.322 e. The minimum atomic E-state index is -0.451. The molecule has 5 nitrogen and oxygen atoms in total. The molecule has 2 aliphatic heterocycles. The summed E-state index contributed by atoms with van der Waals surface area (Å²) in [5, 5.41) is 5.84. The van der Waals surface area contributed by atoms with Crippen molar-refractivity contribution in [3.05, 3.63) is 22.2 Å². The van der Waals surface area contributed by atoms with Crippen LogP contribution in [0.2, 0.25) is 0 Å². The minimum absolute atomic E-state index is 0.0696. The molecule has 94 valence electrons. The van der Waals surface area contributed by atoms with Crippen molar-refractivity contribution in [2.24, 2.45) is 0 Å². The molecule has 0 radical (unpaired) electrons. The topological polar surface area (TPSA) is 61.4 Å². The third-order valence-electron chi connectivity index (χ3n) is 3.28. The van der Waals surface area contributed by atoms with Gasteiger partial charge in [-0.25, -0.2) is 0 Å². The zero-order valence-corrected chi connectivity index (χ0v) is 11.4. The van der Waals surface area contributed by atoms with Crippen LogP contribution in [0, 0.1) is 6.92 Å². The molecule has 1 saturated heterocycles. The normalized spacial score (nSPS) is 22.3. The highest BCUT2D eigenvalue weighted by Crippen LogP contribution is 2.37. The van der Waals surface area contributed by atoms with Crippen molar-refractivity contribution in [3.63, 3.8) is 0 Å². The van der Waals surface area contributed by atoms with Crippen LogP contribution < -0.4 is 15.5 Å². The number of piperazine rings is 1. The van der Waals surface area contributed by atoms with Crippen LogP contribution in [0.5, 0.6) is 0 Å². The Morgan fingerprint density at radius 3 is 2.94 bits per heavy atom. The van der Waals surface area contributed by atoms with E-state index in [0.29, 0.717) is 6.54 Å². The van der Waals surface area contributed by atoms with Gasteiger partial charge in [-0.1, -0.05) is 15.9 Å². The molecule has 1 fully saturated rings. The number of nitrogens with one attached hydrogen (secondary N) is 2. The van der Waals surface area contributed by atoms with Gasteiger partial charge in [0.05, 0.1) is 17.9 Å². The Labute approximate surface area is 113 Å². The van der Waals surface area contributed by atoms with Crippen molar-refractivity contribution in [2.45, 2.75) is 13.0 Å². The van der Waals surface area contributed by atoms with Crippen LogP contribution in [0.3, 0.4) is 0 Å². The number of fused-ring (bicyclic) bond motifs is 3. The van der Waals surface area contributed by atoms with Gasteiger partial charge in [0.15, 0.2) is 0 Å². The number of carbonyl (C=O) groups is 2. The first-order valence-corrected chi connectivity index (χ1v) is 6.51. The van der Waals surface area contributed by atoms with Crippen molar-refractivity contribution in [1.29, 1.82) is 0 Å². The van der Waals surface area contributed by atoms with E-state index < -0.39 is 6.04 Å². The predicted molar refractivity (Wildman–Crippen MR) is 71.7 cm³/mol. The van der Waals surface area contributed by atoms with Gasteiger partial charge in [0.2, 0.25) is 11.8 Å². The van der Waals surface area contributed by atoms with Gasteiger partial charge in [-0.15, -0.1) is 0 Å². The number of carbonyl (C=O) groups excluding carboxylic acids is 2.